The molecular weight excluding hydrogens is 424 g/mol. The molecule has 4 rings (SSSR count). The first-order chi connectivity index (χ1) is 15.6. The molecule has 9 atom stereocenters. The second-order valence-corrected chi connectivity index (χ2v) is 14.2. The van der Waals surface area contributed by atoms with E-state index < -0.39 is 11.6 Å². The molecule has 4 aliphatic rings. The van der Waals surface area contributed by atoms with Crippen LogP contribution in [0.4, 0.5) is 0 Å². The van der Waals surface area contributed by atoms with E-state index in [4.69, 9.17) is 4.74 Å². The molecule has 0 aromatic heterocycles. The summed E-state index contributed by atoms with van der Waals surface area (Å²) in [5.41, 5.74) is 0.714. The third-order valence-electron chi connectivity index (χ3n) is 12.0. The van der Waals surface area contributed by atoms with Crippen molar-refractivity contribution in [1.29, 1.82) is 0 Å². The molecule has 0 aromatic carbocycles. The number of hydrogen-bond donors (Lipinski definition) is 2. The van der Waals surface area contributed by atoms with Crippen LogP contribution in [0.15, 0.2) is 12.2 Å². The molecule has 194 valence electrons. The van der Waals surface area contributed by atoms with Crippen LogP contribution in [0.1, 0.15) is 113 Å². The Bertz CT molecular complexity index is 828. The lowest BCUT2D eigenvalue weighted by atomic mass is 9.38. The molecule has 0 radical (unpaired) electrons. The molecule has 34 heavy (non-hydrogen) atoms. The largest absolute Gasteiger partial charge is 0.481 e. The Hall–Kier alpha value is -0.870. The molecular formula is C30H50O4. The number of fused-ring (bicyclic) bond motifs is 3. The monoisotopic (exact) mass is 474 g/mol. The van der Waals surface area contributed by atoms with Crippen LogP contribution in [0.5, 0.6) is 0 Å². The van der Waals surface area contributed by atoms with Crippen LogP contribution in [0.2, 0.25) is 0 Å². The molecule has 3 aliphatic carbocycles. The van der Waals surface area contributed by atoms with Crippen molar-refractivity contribution in [3.8, 4) is 0 Å². The number of rotatable bonds is 6. The van der Waals surface area contributed by atoms with Gasteiger partial charge in [-0.25, -0.2) is 0 Å². The number of carbonyl (C=O) groups is 1. The minimum absolute atomic E-state index is 0.0109. The summed E-state index contributed by atoms with van der Waals surface area (Å²) in [6.45, 7) is 20.1. The topological polar surface area (TPSA) is 66.8 Å². The van der Waals surface area contributed by atoms with Crippen molar-refractivity contribution in [2.45, 2.75) is 130 Å². The molecule has 0 bridgehead atoms. The van der Waals surface area contributed by atoms with Crippen LogP contribution in [0, 0.1) is 39.9 Å². The summed E-state index contributed by atoms with van der Waals surface area (Å²) in [4.78, 5) is 11.6. The van der Waals surface area contributed by atoms with Gasteiger partial charge in [0, 0.05) is 6.42 Å². The Morgan fingerprint density at radius 3 is 2.18 bits per heavy atom. The Morgan fingerprint density at radius 2 is 1.62 bits per heavy atom. The van der Waals surface area contributed by atoms with Crippen LogP contribution in [0.25, 0.3) is 0 Å². The first kappa shape index (κ1) is 26.2. The summed E-state index contributed by atoms with van der Waals surface area (Å²) < 4.78 is 6.69. The minimum atomic E-state index is -0.795. The summed E-state index contributed by atoms with van der Waals surface area (Å²) in [7, 11) is 0. The Balaban J connectivity index is 1.64. The lowest BCUT2D eigenvalue weighted by Gasteiger charge is -2.66. The van der Waals surface area contributed by atoms with E-state index in [1.165, 1.54) is 37.7 Å². The van der Waals surface area contributed by atoms with Gasteiger partial charge in [-0.3, -0.25) is 4.79 Å². The van der Waals surface area contributed by atoms with Crippen LogP contribution < -0.4 is 0 Å². The number of allylic oxidation sites excluding steroid dienone is 1. The van der Waals surface area contributed by atoms with E-state index in [0.29, 0.717) is 23.7 Å². The Morgan fingerprint density at radius 1 is 0.971 bits per heavy atom. The highest BCUT2D eigenvalue weighted by Gasteiger charge is 2.68. The number of aliphatic hydroxyl groups is 1. The van der Waals surface area contributed by atoms with Gasteiger partial charge in [0.25, 0.3) is 0 Å². The highest BCUT2D eigenvalue weighted by molar-refractivity contribution is 5.66. The van der Waals surface area contributed by atoms with Crippen molar-refractivity contribution in [3.63, 3.8) is 0 Å². The van der Waals surface area contributed by atoms with Crippen LogP contribution in [-0.4, -0.2) is 33.5 Å². The van der Waals surface area contributed by atoms with E-state index >= 15 is 0 Å². The highest BCUT2D eigenvalue weighted by Crippen LogP contribution is 2.74. The average molecular weight is 475 g/mol. The predicted molar refractivity (Wildman–Crippen MR) is 136 cm³/mol. The molecule has 0 unspecified atom stereocenters. The van der Waals surface area contributed by atoms with Gasteiger partial charge in [0.15, 0.2) is 0 Å². The molecule has 0 amide bonds. The molecule has 2 N–H and O–H groups in total. The second-order valence-electron chi connectivity index (χ2n) is 14.2. The van der Waals surface area contributed by atoms with E-state index in [9.17, 15) is 15.0 Å². The zero-order valence-electron chi connectivity index (χ0n) is 22.9. The van der Waals surface area contributed by atoms with E-state index in [0.717, 1.165) is 25.7 Å². The molecule has 3 saturated carbocycles. The lowest BCUT2D eigenvalue weighted by molar-refractivity contribution is -0.187. The normalized spacial score (nSPS) is 48.9. The van der Waals surface area contributed by atoms with Gasteiger partial charge in [0.05, 0.1) is 17.3 Å². The predicted octanol–water partition coefficient (Wildman–Crippen LogP) is 7.00. The fourth-order valence-corrected chi connectivity index (χ4v) is 10.0. The fourth-order valence-electron chi connectivity index (χ4n) is 10.0. The van der Waals surface area contributed by atoms with Crippen molar-refractivity contribution >= 4 is 5.97 Å². The number of carboxylic acid groups (broad SMARTS) is 1. The zero-order chi connectivity index (χ0) is 25.3. The third kappa shape index (κ3) is 3.81. The van der Waals surface area contributed by atoms with E-state index in [2.05, 4.69) is 41.2 Å². The van der Waals surface area contributed by atoms with Crippen molar-refractivity contribution in [2.24, 2.45) is 39.9 Å². The number of carboxylic acids is 1. The van der Waals surface area contributed by atoms with Gasteiger partial charge >= 0.3 is 5.97 Å². The number of aliphatic carboxylic acids is 1. The second kappa shape index (κ2) is 8.33. The molecule has 0 spiro atoms. The molecule has 0 aromatic rings. The van der Waals surface area contributed by atoms with Gasteiger partial charge in [-0.1, -0.05) is 32.9 Å². The van der Waals surface area contributed by atoms with Crippen molar-refractivity contribution in [1.82, 2.24) is 0 Å². The van der Waals surface area contributed by atoms with Gasteiger partial charge in [-0.2, -0.15) is 0 Å². The van der Waals surface area contributed by atoms with Crippen LogP contribution >= 0.6 is 0 Å². The maximum absolute atomic E-state index is 11.6. The first-order valence-corrected chi connectivity index (χ1v) is 13.9. The maximum Gasteiger partial charge on any atom is 0.303 e. The lowest BCUT2D eigenvalue weighted by Crippen LogP contribution is -2.60. The molecule has 1 aliphatic heterocycles. The fraction of sp³-hybridized carbons (Fsp3) is 0.900. The first-order valence-electron chi connectivity index (χ1n) is 13.9. The van der Waals surface area contributed by atoms with Crippen molar-refractivity contribution in [2.75, 3.05) is 0 Å². The van der Waals surface area contributed by atoms with Crippen molar-refractivity contribution < 1.29 is 19.7 Å². The van der Waals surface area contributed by atoms with Crippen LogP contribution in [0.3, 0.4) is 0 Å². The van der Waals surface area contributed by atoms with E-state index in [1.807, 2.05) is 13.8 Å². The zero-order valence-corrected chi connectivity index (χ0v) is 22.9. The molecule has 4 nitrogen and oxygen atoms in total. The van der Waals surface area contributed by atoms with Gasteiger partial charge in [0.2, 0.25) is 0 Å². The molecule has 1 saturated heterocycles. The smallest absolute Gasteiger partial charge is 0.303 e. The van der Waals surface area contributed by atoms with Crippen LogP contribution in [-0.2, 0) is 9.53 Å². The van der Waals surface area contributed by atoms with Gasteiger partial charge < -0.3 is 14.9 Å². The summed E-state index contributed by atoms with van der Waals surface area (Å²) in [5.74, 6) is 1.42. The Kier molecular flexibility index (Phi) is 6.42. The average Bonchev–Trinajstić information content (AvgIpc) is 3.29. The third-order valence-corrected chi connectivity index (χ3v) is 12.0. The summed E-state index contributed by atoms with van der Waals surface area (Å²) >= 11 is 0. The highest BCUT2D eigenvalue weighted by atomic mass is 16.5. The standard InChI is InChI=1S/C30H50O4/c1-19(2)20-11-17-29(7)23(27(20,5)15-14-25(31)32)10-9-21-22(12-16-28(21,29)6)30(8)18-13-24(34-30)26(3,4)33/h20-24,33H,1,9-18H2,2-8H3,(H,31,32)/t20-,21+,22-,23-,24-,27-,28+,29+,30-/m0/s1. The number of hydrogen-bond acceptors (Lipinski definition) is 3. The molecule has 1 heterocycles. The summed E-state index contributed by atoms with van der Waals surface area (Å²) in [6, 6.07) is 0. The summed E-state index contributed by atoms with van der Waals surface area (Å²) in [6.07, 6.45) is 10.0. The van der Waals surface area contributed by atoms with E-state index in [-0.39, 0.29) is 34.4 Å². The molecule has 4 fully saturated rings. The van der Waals surface area contributed by atoms with Crippen molar-refractivity contribution in [3.05, 3.63) is 12.2 Å². The SMILES string of the molecule is C=C(C)[C@@H]1CC[C@]2(C)[C@@H](CC[C@@H]3[C@@H]([C@]4(C)CC[C@@H](C(C)(C)O)O4)CC[C@]32C)[C@@]1(C)CCC(=O)O. The number of ether oxygens (including phenoxy) is 1. The van der Waals surface area contributed by atoms with Gasteiger partial charge in [-0.15, -0.1) is 0 Å². The summed E-state index contributed by atoms with van der Waals surface area (Å²) in [5, 5.41) is 20.2. The maximum atomic E-state index is 11.6. The molecule has 4 heteroatoms. The Labute approximate surface area is 207 Å². The minimum Gasteiger partial charge on any atom is -0.481 e. The quantitative estimate of drug-likeness (QED) is 0.407. The van der Waals surface area contributed by atoms with Gasteiger partial charge in [0.1, 0.15) is 0 Å². The van der Waals surface area contributed by atoms with Gasteiger partial charge in [-0.05, 0) is 125 Å². The van der Waals surface area contributed by atoms with E-state index in [1.54, 1.807) is 0 Å².